The zero-order valence-electron chi connectivity index (χ0n) is 16.4. The topological polar surface area (TPSA) is 84.9 Å². The lowest BCUT2D eigenvalue weighted by Gasteiger charge is -2.25. The summed E-state index contributed by atoms with van der Waals surface area (Å²) in [6, 6.07) is 9.29. The Labute approximate surface area is 175 Å². The Hall–Kier alpha value is -2.71. The van der Waals surface area contributed by atoms with E-state index in [2.05, 4.69) is 11.9 Å². The van der Waals surface area contributed by atoms with E-state index in [0.29, 0.717) is 5.75 Å². The molecule has 1 amide bonds. The number of anilines is 1. The first-order valence-corrected chi connectivity index (χ1v) is 10.4. The molecule has 0 fully saturated rings. The van der Waals surface area contributed by atoms with Crippen molar-refractivity contribution in [3.05, 3.63) is 59.6 Å². The van der Waals surface area contributed by atoms with Crippen LogP contribution in [-0.2, 0) is 14.8 Å². The van der Waals surface area contributed by atoms with Crippen molar-refractivity contribution in [1.82, 2.24) is 5.32 Å². The highest BCUT2D eigenvalue weighted by molar-refractivity contribution is 7.93. The van der Waals surface area contributed by atoms with E-state index in [0.717, 1.165) is 9.87 Å². The number of carbonyl (C=O) groups excluding carboxylic acids is 1. The van der Waals surface area contributed by atoms with Gasteiger partial charge in [0.15, 0.2) is 0 Å². The van der Waals surface area contributed by atoms with Gasteiger partial charge in [-0.1, -0.05) is 23.7 Å². The predicted molar refractivity (Wildman–Crippen MR) is 113 cm³/mol. The maximum Gasteiger partial charge on any atom is 0.268 e. The van der Waals surface area contributed by atoms with Gasteiger partial charge in [0.1, 0.15) is 22.9 Å². The van der Waals surface area contributed by atoms with Gasteiger partial charge in [0.25, 0.3) is 10.0 Å². The summed E-state index contributed by atoms with van der Waals surface area (Å²) in [4.78, 5) is 12.3. The molecule has 2 rings (SSSR count). The van der Waals surface area contributed by atoms with Crippen molar-refractivity contribution in [2.45, 2.75) is 11.8 Å². The van der Waals surface area contributed by atoms with Crippen LogP contribution in [0.3, 0.4) is 0 Å². The van der Waals surface area contributed by atoms with Crippen LogP contribution in [0.15, 0.2) is 53.9 Å². The smallest absolute Gasteiger partial charge is 0.268 e. The highest BCUT2D eigenvalue weighted by Gasteiger charge is 2.30. The van der Waals surface area contributed by atoms with E-state index >= 15 is 0 Å². The van der Waals surface area contributed by atoms with Crippen LogP contribution in [0.25, 0.3) is 0 Å². The number of halogens is 1. The van der Waals surface area contributed by atoms with Crippen molar-refractivity contribution < 1.29 is 22.7 Å². The van der Waals surface area contributed by atoms with Crippen molar-refractivity contribution in [2.75, 3.05) is 31.6 Å². The SMILES string of the molecule is C=CCNC(=O)CN(c1ccc(OC)c(Cl)c1)S(=O)(=O)c1cc(C)ccc1OC. The summed E-state index contributed by atoms with van der Waals surface area (Å²) in [5.74, 6) is 0.0655. The number of sulfonamides is 1. The fourth-order valence-corrected chi connectivity index (χ4v) is 4.51. The number of nitrogens with one attached hydrogen (secondary N) is 1. The van der Waals surface area contributed by atoms with Crippen molar-refractivity contribution in [3.8, 4) is 11.5 Å². The number of carbonyl (C=O) groups is 1. The zero-order valence-corrected chi connectivity index (χ0v) is 18.0. The molecule has 0 heterocycles. The first-order valence-electron chi connectivity index (χ1n) is 8.63. The van der Waals surface area contributed by atoms with Gasteiger partial charge in [0.05, 0.1) is 24.9 Å². The van der Waals surface area contributed by atoms with Gasteiger partial charge in [-0.25, -0.2) is 8.42 Å². The molecule has 0 aliphatic rings. The second-order valence-electron chi connectivity index (χ2n) is 6.08. The molecule has 0 aliphatic heterocycles. The molecule has 29 heavy (non-hydrogen) atoms. The van der Waals surface area contributed by atoms with Crippen LogP contribution >= 0.6 is 11.6 Å². The number of benzene rings is 2. The summed E-state index contributed by atoms with van der Waals surface area (Å²) in [5, 5.41) is 2.80. The standard InChI is InChI=1S/C20H23ClN2O5S/c1-5-10-22-20(24)13-23(15-7-9-17(27-3)16(21)12-15)29(25,26)19-11-14(2)6-8-18(19)28-4/h5-9,11-12H,1,10,13H2,2-4H3,(H,22,24). The molecule has 156 valence electrons. The average molecular weight is 439 g/mol. The highest BCUT2D eigenvalue weighted by Crippen LogP contribution is 2.34. The fourth-order valence-electron chi connectivity index (χ4n) is 2.60. The second-order valence-corrected chi connectivity index (χ2v) is 8.32. The number of rotatable bonds is 9. The highest BCUT2D eigenvalue weighted by atomic mass is 35.5. The van der Waals surface area contributed by atoms with Crippen molar-refractivity contribution in [3.63, 3.8) is 0 Å². The first-order chi connectivity index (χ1) is 13.7. The van der Waals surface area contributed by atoms with Gasteiger partial charge in [-0.05, 0) is 42.8 Å². The Kier molecular flexibility index (Phi) is 7.53. The first kappa shape index (κ1) is 22.6. The lowest BCUT2D eigenvalue weighted by atomic mass is 10.2. The van der Waals surface area contributed by atoms with Crippen LogP contribution in [0.2, 0.25) is 5.02 Å². The van der Waals surface area contributed by atoms with E-state index < -0.39 is 22.5 Å². The summed E-state index contributed by atoms with van der Waals surface area (Å²) >= 11 is 6.19. The molecule has 0 radical (unpaired) electrons. The van der Waals surface area contributed by atoms with Crippen molar-refractivity contribution >= 4 is 33.2 Å². The molecule has 0 aliphatic carbocycles. The van der Waals surface area contributed by atoms with E-state index in [1.807, 2.05) is 0 Å². The minimum Gasteiger partial charge on any atom is -0.495 e. The summed E-state index contributed by atoms with van der Waals surface area (Å²) in [6.07, 6.45) is 1.50. The summed E-state index contributed by atoms with van der Waals surface area (Å²) < 4.78 is 38.4. The number of amides is 1. The molecule has 0 saturated heterocycles. The zero-order chi connectivity index (χ0) is 21.6. The number of nitrogens with zero attached hydrogens (tertiary/aromatic N) is 1. The van der Waals surface area contributed by atoms with Gasteiger partial charge in [-0.3, -0.25) is 9.10 Å². The molecule has 0 saturated carbocycles. The van der Waals surface area contributed by atoms with Gasteiger partial charge in [0, 0.05) is 6.54 Å². The summed E-state index contributed by atoms with van der Waals surface area (Å²) in [5.41, 5.74) is 0.946. The van der Waals surface area contributed by atoms with E-state index in [4.69, 9.17) is 21.1 Å². The molecule has 1 N–H and O–H groups in total. The third-order valence-electron chi connectivity index (χ3n) is 4.04. The average Bonchev–Trinajstić information content (AvgIpc) is 2.70. The van der Waals surface area contributed by atoms with Crippen LogP contribution in [0, 0.1) is 6.92 Å². The number of ether oxygens (including phenoxy) is 2. The van der Waals surface area contributed by atoms with Crippen molar-refractivity contribution in [1.29, 1.82) is 0 Å². The molecule has 2 aromatic carbocycles. The third-order valence-corrected chi connectivity index (χ3v) is 6.13. The molecule has 0 spiro atoms. The molecular formula is C20H23ClN2O5S. The van der Waals surface area contributed by atoms with E-state index in [1.54, 1.807) is 19.1 Å². The quantitative estimate of drug-likeness (QED) is 0.608. The Morgan fingerprint density at radius 3 is 2.41 bits per heavy atom. The Bertz CT molecular complexity index is 1010. The lowest BCUT2D eigenvalue weighted by Crippen LogP contribution is -2.41. The fraction of sp³-hybridized carbons (Fsp3) is 0.250. The van der Waals surface area contributed by atoms with E-state index in [1.165, 1.54) is 44.6 Å². The Morgan fingerprint density at radius 2 is 1.83 bits per heavy atom. The van der Waals surface area contributed by atoms with Crippen LogP contribution < -0.4 is 19.1 Å². The molecular weight excluding hydrogens is 416 g/mol. The molecule has 2 aromatic rings. The molecule has 0 aromatic heterocycles. The van der Waals surface area contributed by atoms with E-state index in [9.17, 15) is 13.2 Å². The van der Waals surface area contributed by atoms with Crippen LogP contribution in [0.5, 0.6) is 11.5 Å². The molecule has 0 unspecified atom stereocenters. The van der Waals surface area contributed by atoms with E-state index in [-0.39, 0.29) is 27.9 Å². The largest absolute Gasteiger partial charge is 0.495 e. The number of methoxy groups -OCH3 is 2. The molecule has 0 bridgehead atoms. The maximum atomic E-state index is 13.5. The van der Waals surface area contributed by atoms with Gasteiger partial charge in [-0.15, -0.1) is 6.58 Å². The van der Waals surface area contributed by atoms with Crippen LogP contribution in [-0.4, -0.2) is 41.6 Å². The summed E-state index contributed by atoms with van der Waals surface area (Å²) in [7, 11) is -1.32. The number of hydrogen-bond donors (Lipinski definition) is 1. The van der Waals surface area contributed by atoms with Gasteiger partial charge < -0.3 is 14.8 Å². The van der Waals surface area contributed by atoms with Crippen molar-refractivity contribution in [2.24, 2.45) is 0 Å². The van der Waals surface area contributed by atoms with Crippen LogP contribution in [0.4, 0.5) is 5.69 Å². The maximum absolute atomic E-state index is 13.5. The van der Waals surface area contributed by atoms with Gasteiger partial charge >= 0.3 is 0 Å². The molecule has 0 atom stereocenters. The molecule has 9 heteroatoms. The predicted octanol–water partition coefficient (Wildman–Crippen LogP) is 3.16. The minimum atomic E-state index is -4.15. The minimum absolute atomic E-state index is 0.0524. The number of hydrogen-bond acceptors (Lipinski definition) is 5. The Morgan fingerprint density at radius 1 is 1.17 bits per heavy atom. The normalized spacial score (nSPS) is 10.9. The van der Waals surface area contributed by atoms with Gasteiger partial charge in [-0.2, -0.15) is 0 Å². The summed E-state index contributed by atoms with van der Waals surface area (Å²) in [6.45, 7) is 5.07. The second kappa shape index (κ2) is 9.67. The van der Waals surface area contributed by atoms with Crippen LogP contribution in [0.1, 0.15) is 5.56 Å². The molecule has 7 nitrogen and oxygen atoms in total. The lowest BCUT2D eigenvalue weighted by molar-refractivity contribution is -0.119. The third kappa shape index (κ3) is 5.21. The Balaban J connectivity index is 2.60. The number of aryl methyl sites for hydroxylation is 1. The monoisotopic (exact) mass is 438 g/mol. The van der Waals surface area contributed by atoms with Gasteiger partial charge in [0.2, 0.25) is 5.91 Å².